The van der Waals surface area contributed by atoms with E-state index >= 15 is 0 Å². The molecule has 3 N–H and O–H groups in total. The van der Waals surface area contributed by atoms with Gasteiger partial charge in [0.15, 0.2) is 0 Å². The molecule has 7 nitrogen and oxygen atoms in total. The van der Waals surface area contributed by atoms with Crippen molar-refractivity contribution in [3.05, 3.63) is 22.4 Å². The van der Waals surface area contributed by atoms with E-state index in [2.05, 4.69) is 15.4 Å². The molecule has 0 aliphatic heterocycles. The molecule has 2 amide bonds. The molecule has 1 aromatic heterocycles. The summed E-state index contributed by atoms with van der Waals surface area (Å²) in [6, 6.07) is 1.73. The van der Waals surface area contributed by atoms with Gasteiger partial charge < -0.3 is 20.5 Å². The fourth-order valence-corrected chi connectivity index (χ4v) is 1.88. The van der Waals surface area contributed by atoms with Gasteiger partial charge in [-0.05, 0) is 11.4 Å². The molecule has 1 rings (SSSR count). The van der Waals surface area contributed by atoms with Crippen LogP contribution in [0.4, 0.5) is 4.79 Å². The van der Waals surface area contributed by atoms with Crippen molar-refractivity contribution in [2.45, 2.75) is 19.0 Å². The molecule has 0 radical (unpaired) electrons. The molecule has 0 saturated heterocycles. The number of carbonyl (C=O) groups is 3. The third-order valence-electron chi connectivity index (χ3n) is 2.21. The van der Waals surface area contributed by atoms with Gasteiger partial charge in [0.2, 0.25) is 0 Å². The zero-order chi connectivity index (χ0) is 14.3. The summed E-state index contributed by atoms with van der Waals surface area (Å²) >= 11 is 1.47. The largest absolute Gasteiger partial charge is 0.480 e. The Morgan fingerprint density at radius 3 is 2.74 bits per heavy atom. The lowest BCUT2D eigenvalue weighted by Crippen LogP contribution is -2.46. The number of hydrogen-bond acceptors (Lipinski definition) is 5. The molecule has 0 saturated carbocycles. The van der Waals surface area contributed by atoms with Crippen LogP contribution in [0.25, 0.3) is 0 Å². The lowest BCUT2D eigenvalue weighted by molar-refractivity contribution is -0.147. The lowest BCUT2D eigenvalue weighted by Gasteiger charge is -2.13. The Labute approximate surface area is 113 Å². The van der Waals surface area contributed by atoms with Gasteiger partial charge in [0.25, 0.3) is 0 Å². The van der Waals surface area contributed by atoms with Crippen molar-refractivity contribution in [1.29, 1.82) is 0 Å². The fourth-order valence-electron chi connectivity index (χ4n) is 1.24. The predicted octanol–water partition coefficient (Wildman–Crippen LogP) is 0.564. The van der Waals surface area contributed by atoms with E-state index in [0.717, 1.165) is 12.0 Å². The first-order valence-corrected chi connectivity index (χ1v) is 6.27. The number of carboxylic acids is 1. The van der Waals surface area contributed by atoms with Crippen LogP contribution in [0, 0.1) is 0 Å². The Morgan fingerprint density at radius 2 is 2.21 bits per heavy atom. The molecule has 0 bridgehead atoms. The maximum Gasteiger partial charge on any atom is 0.326 e. The van der Waals surface area contributed by atoms with E-state index in [1.165, 1.54) is 11.3 Å². The first-order chi connectivity index (χ1) is 9.02. The van der Waals surface area contributed by atoms with E-state index in [1.54, 1.807) is 0 Å². The van der Waals surface area contributed by atoms with Gasteiger partial charge in [-0.3, -0.25) is 4.79 Å². The van der Waals surface area contributed by atoms with E-state index in [1.807, 2.05) is 17.5 Å². The summed E-state index contributed by atoms with van der Waals surface area (Å²) in [6.45, 7) is 0.300. The van der Waals surface area contributed by atoms with E-state index in [0.29, 0.717) is 6.54 Å². The molecule has 0 unspecified atom stereocenters. The summed E-state index contributed by atoms with van der Waals surface area (Å²) in [5.41, 5.74) is 0. The molecular weight excluding hydrogens is 272 g/mol. The Bertz CT molecular complexity index is 446. The zero-order valence-electron chi connectivity index (χ0n) is 10.2. The van der Waals surface area contributed by atoms with Crippen LogP contribution in [0.3, 0.4) is 0 Å². The molecule has 0 aliphatic rings. The summed E-state index contributed by atoms with van der Waals surface area (Å²) < 4.78 is 4.36. The van der Waals surface area contributed by atoms with E-state index < -0.39 is 30.4 Å². The number of ether oxygens (including phenoxy) is 1. The minimum Gasteiger partial charge on any atom is -0.480 e. The zero-order valence-corrected chi connectivity index (χ0v) is 11.0. The standard InChI is InChI=1S/C11H14N2O5S/c1-18-9(14)5-8(10(15)16)13-11(17)12-6-7-3-2-4-19-7/h2-4,8H,5-6H2,1H3,(H,15,16)(H2,12,13,17)/t8-/m0/s1. The average Bonchev–Trinajstić information content (AvgIpc) is 2.88. The highest BCUT2D eigenvalue weighted by molar-refractivity contribution is 7.09. The predicted molar refractivity (Wildman–Crippen MR) is 67.7 cm³/mol. The van der Waals surface area contributed by atoms with Crippen LogP contribution in [-0.2, 0) is 20.9 Å². The Kier molecular flexibility index (Phi) is 5.80. The van der Waals surface area contributed by atoms with Crippen molar-refractivity contribution in [1.82, 2.24) is 10.6 Å². The van der Waals surface area contributed by atoms with Crippen LogP contribution in [0.1, 0.15) is 11.3 Å². The number of esters is 1. The first-order valence-electron chi connectivity index (χ1n) is 5.39. The minimum atomic E-state index is -1.31. The number of methoxy groups -OCH3 is 1. The van der Waals surface area contributed by atoms with Crippen LogP contribution >= 0.6 is 11.3 Å². The number of hydrogen-bond donors (Lipinski definition) is 3. The second-order valence-electron chi connectivity index (χ2n) is 3.58. The number of amides is 2. The SMILES string of the molecule is COC(=O)C[C@H](NC(=O)NCc1cccs1)C(=O)O. The highest BCUT2D eigenvalue weighted by Gasteiger charge is 2.23. The van der Waals surface area contributed by atoms with Gasteiger partial charge in [-0.25, -0.2) is 9.59 Å². The fraction of sp³-hybridized carbons (Fsp3) is 0.364. The summed E-state index contributed by atoms with van der Waals surface area (Å²) in [5.74, 6) is -2.00. The smallest absolute Gasteiger partial charge is 0.326 e. The van der Waals surface area contributed by atoms with Gasteiger partial charge in [0.1, 0.15) is 6.04 Å². The van der Waals surface area contributed by atoms with Crippen molar-refractivity contribution in [2.75, 3.05) is 7.11 Å². The molecule has 0 spiro atoms. The molecule has 19 heavy (non-hydrogen) atoms. The van der Waals surface area contributed by atoms with Crippen molar-refractivity contribution in [3.8, 4) is 0 Å². The highest BCUT2D eigenvalue weighted by atomic mass is 32.1. The molecule has 104 valence electrons. The van der Waals surface area contributed by atoms with Crippen LogP contribution < -0.4 is 10.6 Å². The molecule has 1 heterocycles. The number of carboxylic acid groups (broad SMARTS) is 1. The third kappa shape index (κ3) is 5.38. The minimum absolute atomic E-state index is 0.300. The Hall–Kier alpha value is -2.09. The topological polar surface area (TPSA) is 105 Å². The van der Waals surface area contributed by atoms with E-state index in [4.69, 9.17) is 5.11 Å². The molecule has 8 heteroatoms. The van der Waals surface area contributed by atoms with Crippen LogP contribution in [0.2, 0.25) is 0 Å². The normalized spacial score (nSPS) is 11.4. The number of thiophene rings is 1. The number of urea groups is 1. The second kappa shape index (κ2) is 7.37. The number of nitrogens with one attached hydrogen (secondary N) is 2. The van der Waals surface area contributed by atoms with Gasteiger partial charge in [-0.2, -0.15) is 0 Å². The van der Waals surface area contributed by atoms with Crippen LogP contribution in [0.5, 0.6) is 0 Å². The number of carbonyl (C=O) groups excluding carboxylic acids is 2. The second-order valence-corrected chi connectivity index (χ2v) is 4.61. The third-order valence-corrected chi connectivity index (χ3v) is 3.08. The van der Waals surface area contributed by atoms with E-state index in [9.17, 15) is 14.4 Å². The van der Waals surface area contributed by atoms with Crippen molar-refractivity contribution in [3.63, 3.8) is 0 Å². The lowest BCUT2D eigenvalue weighted by atomic mass is 10.2. The van der Waals surface area contributed by atoms with Crippen LogP contribution in [0.15, 0.2) is 17.5 Å². The van der Waals surface area contributed by atoms with E-state index in [-0.39, 0.29) is 0 Å². The molecule has 1 atom stereocenters. The molecule has 1 aromatic rings. The van der Waals surface area contributed by atoms with Gasteiger partial charge >= 0.3 is 18.0 Å². The average molecular weight is 286 g/mol. The van der Waals surface area contributed by atoms with Gasteiger partial charge in [-0.15, -0.1) is 11.3 Å². The monoisotopic (exact) mass is 286 g/mol. The first kappa shape index (κ1) is 15.0. The summed E-state index contributed by atoms with van der Waals surface area (Å²) in [7, 11) is 1.15. The summed E-state index contributed by atoms with van der Waals surface area (Å²) in [4.78, 5) is 34.3. The molecular formula is C11H14N2O5S. The van der Waals surface area contributed by atoms with Crippen LogP contribution in [-0.4, -0.2) is 36.2 Å². The van der Waals surface area contributed by atoms with Gasteiger partial charge in [-0.1, -0.05) is 6.07 Å². The quantitative estimate of drug-likeness (QED) is 0.663. The Balaban J connectivity index is 2.42. The summed E-state index contributed by atoms with van der Waals surface area (Å²) in [5, 5.41) is 15.4. The van der Waals surface area contributed by atoms with Gasteiger partial charge in [0.05, 0.1) is 20.1 Å². The van der Waals surface area contributed by atoms with Crippen molar-refractivity contribution >= 4 is 29.3 Å². The molecule has 0 aliphatic carbocycles. The van der Waals surface area contributed by atoms with Crippen molar-refractivity contribution < 1.29 is 24.2 Å². The van der Waals surface area contributed by atoms with Crippen molar-refractivity contribution in [2.24, 2.45) is 0 Å². The maximum atomic E-state index is 11.5. The maximum absolute atomic E-state index is 11.5. The summed E-state index contributed by atoms with van der Waals surface area (Å²) in [6.07, 6.45) is -0.418. The Morgan fingerprint density at radius 1 is 1.47 bits per heavy atom. The number of rotatable bonds is 6. The van der Waals surface area contributed by atoms with Gasteiger partial charge in [0, 0.05) is 4.88 Å². The highest BCUT2D eigenvalue weighted by Crippen LogP contribution is 2.07. The number of aliphatic carboxylic acids is 1. The molecule has 0 fully saturated rings. The molecule has 0 aromatic carbocycles.